The Morgan fingerprint density at radius 2 is 1.94 bits per heavy atom. The lowest BCUT2D eigenvalue weighted by molar-refractivity contribution is -0.138. The monoisotopic (exact) mass is 515 g/mol. The van der Waals surface area contributed by atoms with Gasteiger partial charge >= 0.3 is 5.97 Å². The number of carbonyl (C=O) groups excluding carboxylic acids is 1. The SMILES string of the molecule is COc1cc(C=NN=C2NC(=O)C(CC(=O)O)S2)ccc1OCc1c(Cl)cc(Cl)cc1Cl. The third kappa shape index (κ3) is 6.29. The average molecular weight is 517 g/mol. The van der Waals surface area contributed by atoms with Crippen LogP contribution in [0.2, 0.25) is 15.1 Å². The molecule has 0 saturated carbocycles. The molecule has 3 rings (SSSR count). The third-order valence-corrected chi connectivity index (χ3v) is 6.12. The van der Waals surface area contributed by atoms with Crippen molar-refractivity contribution in [2.45, 2.75) is 18.3 Å². The van der Waals surface area contributed by atoms with Crippen LogP contribution in [0.15, 0.2) is 40.5 Å². The molecule has 1 unspecified atom stereocenters. The molecule has 0 aromatic heterocycles. The number of aliphatic carboxylic acids is 1. The molecule has 1 saturated heterocycles. The number of benzene rings is 2. The summed E-state index contributed by atoms with van der Waals surface area (Å²) < 4.78 is 11.2. The van der Waals surface area contributed by atoms with Crippen molar-refractivity contribution in [1.82, 2.24) is 5.32 Å². The van der Waals surface area contributed by atoms with Gasteiger partial charge < -0.3 is 19.9 Å². The van der Waals surface area contributed by atoms with Gasteiger partial charge in [-0.2, -0.15) is 5.10 Å². The lowest BCUT2D eigenvalue weighted by atomic mass is 10.2. The minimum atomic E-state index is -1.06. The Morgan fingerprint density at radius 3 is 2.59 bits per heavy atom. The first kappa shape index (κ1) is 24.2. The average Bonchev–Trinajstić information content (AvgIpc) is 3.06. The van der Waals surface area contributed by atoms with Crippen LogP contribution in [-0.4, -0.2) is 40.7 Å². The van der Waals surface area contributed by atoms with Crippen LogP contribution in [0.4, 0.5) is 0 Å². The summed E-state index contributed by atoms with van der Waals surface area (Å²) in [6.45, 7) is 0.112. The number of hydrogen-bond acceptors (Lipinski definition) is 7. The van der Waals surface area contributed by atoms with Gasteiger partial charge in [-0.3, -0.25) is 9.59 Å². The molecular formula is C20H16Cl3N3O5S. The normalized spacial score (nSPS) is 17.1. The molecular weight excluding hydrogens is 501 g/mol. The lowest BCUT2D eigenvalue weighted by Crippen LogP contribution is -2.26. The molecule has 1 fully saturated rings. The molecule has 8 nitrogen and oxygen atoms in total. The smallest absolute Gasteiger partial charge is 0.305 e. The number of carboxylic acids is 1. The Bertz CT molecular complexity index is 1090. The molecule has 2 N–H and O–H groups in total. The predicted molar refractivity (Wildman–Crippen MR) is 126 cm³/mol. The summed E-state index contributed by atoms with van der Waals surface area (Å²) in [7, 11) is 1.50. The van der Waals surface area contributed by atoms with Crippen LogP contribution < -0.4 is 14.8 Å². The molecule has 1 amide bonds. The topological polar surface area (TPSA) is 110 Å². The number of hydrogen-bond donors (Lipinski definition) is 2. The zero-order valence-corrected chi connectivity index (χ0v) is 19.6. The van der Waals surface area contributed by atoms with E-state index in [2.05, 4.69) is 15.5 Å². The van der Waals surface area contributed by atoms with Crippen LogP contribution in [0.5, 0.6) is 11.5 Å². The summed E-state index contributed by atoms with van der Waals surface area (Å²) in [5, 5.41) is 19.9. The summed E-state index contributed by atoms with van der Waals surface area (Å²) in [5.41, 5.74) is 1.26. The van der Waals surface area contributed by atoms with Crippen molar-refractivity contribution in [3.05, 3.63) is 56.5 Å². The largest absolute Gasteiger partial charge is 0.493 e. The molecule has 0 spiro atoms. The molecule has 1 aliphatic heterocycles. The van der Waals surface area contributed by atoms with Gasteiger partial charge in [0.2, 0.25) is 5.91 Å². The zero-order chi connectivity index (χ0) is 23.3. The molecule has 32 heavy (non-hydrogen) atoms. The van der Waals surface area contributed by atoms with E-state index in [0.717, 1.165) is 11.8 Å². The molecule has 1 aliphatic rings. The highest BCUT2D eigenvalue weighted by molar-refractivity contribution is 8.15. The fourth-order valence-corrected chi connectivity index (χ4v) is 4.48. The van der Waals surface area contributed by atoms with Crippen molar-refractivity contribution < 1.29 is 24.2 Å². The second-order valence-electron chi connectivity index (χ2n) is 6.39. The maximum Gasteiger partial charge on any atom is 0.305 e. The van der Waals surface area contributed by atoms with Crippen LogP contribution in [-0.2, 0) is 16.2 Å². The third-order valence-electron chi connectivity index (χ3n) is 4.16. The van der Waals surface area contributed by atoms with Crippen molar-refractivity contribution in [2.75, 3.05) is 7.11 Å². The first-order chi connectivity index (χ1) is 15.3. The van der Waals surface area contributed by atoms with Gasteiger partial charge in [-0.15, -0.1) is 5.10 Å². The van der Waals surface area contributed by atoms with Gasteiger partial charge in [-0.05, 0) is 35.9 Å². The van der Waals surface area contributed by atoms with Gasteiger partial charge in [-0.25, -0.2) is 0 Å². The molecule has 2 aromatic rings. The first-order valence-electron chi connectivity index (χ1n) is 9.01. The van der Waals surface area contributed by atoms with Crippen LogP contribution in [0.25, 0.3) is 0 Å². The molecule has 0 bridgehead atoms. The van der Waals surface area contributed by atoms with Gasteiger partial charge in [0.15, 0.2) is 16.7 Å². The number of carbonyl (C=O) groups is 2. The number of amides is 1. The first-order valence-corrected chi connectivity index (χ1v) is 11.0. The highest BCUT2D eigenvalue weighted by Gasteiger charge is 2.32. The van der Waals surface area contributed by atoms with E-state index in [9.17, 15) is 9.59 Å². The van der Waals surface area contributed by atoms with E-state index in [1.807, 2.05) is 0 Å². The highest BCUT2D eigenvalue weighted by Crippen LogP contribution is 2.33. The van der Waals surface area contributed by atoms with E-state index in [1.165, 1.54) is 13.3 Å². The van der Waals surface area contributed by atoms with Crippen molar-refractivity contribution in [1.29, 1.82) is 0 Å². The van der Waals surface area contributed by atoms with E-state index < -0.39 is 17.1 Å². The Morgan fingerprint density at radius 1 is 1.22 bits per heavy atom. The molecule has 0 radical (unpaired) electrons. The number of carboxylic acid groups (broad SMARTS) is 1. The van der Waals surface area contributed by atoms with Crippen molar-refractivity contribution in [3.63, 3.8) is 0 Å². The molecule has 2 aromatic carbocycles. The van der Waals surface area contributed by atoms with Crippen molar-refractivity contribution >= 4 is 69.8 Å². The van der Waals surface area contributed by atoms with Crippen LogP contribution in [0, 0.1) is 0 Å². The molecule has 1 atom stereocenters. The van der Waals surface area contributed by atoms with E-state index in [4.69, 9.17) is 49.4 Å². The minimum Gasteiger partial charge on any atom is -0.493 e. The molecule has 12 heteroatoms. The Kier molecular flexibility index (Phi) is 8.25. The standard InChI is InChI=1S/C20H16Cl3N3O5S/c1-30-16-4-10(8-24-26-20-25-19(29)17(32-20)7-18(27)28)2-3-15(16)31-9-12-13(22)5-11(21)6-14(12)23/h2-6,8,17H,7,9H2,1H3,(H,27,28)(H,25,26,29). The number of methoxy groups -OCH3 is 1. The number of thioether (sulfide) groups is 1. The van der Waals surface area contributed by atoms with Gasteiger partial charge in [0.1, 0.15) is 11.9 Å². The number of halogens is 3. The molecule has 0 aliphatic carbocycles. The van der Waals surface area contributed by atoms with E-state index >= 15 is 0 Å². The number of nitrogens with one attached hydrogen (secondary N) is 1. The fourth-order valence-electron chi connectivity index (χ4n) is 2.64. The van der Waals surface area contributed by atoms with Gasteiger partial charge in [0.25, 0.3) is 0 Å². The van der Waals surface area contributed by atoms with Gasteiger partial charge in [0, 0.05) is 10.6 Å². The highest BCUT2D eigenvalue weighted by atomic mass is 35.5. The van der Waals surface area contributed by atoms with Crippen molar-refractivity contribution in [2.24, 2.45) is 10.2 Å². The van der Waals surface area contributed by atoms with Crippen LogP contribution >= 0.6 is 46.6 Å². The summed E-state index contributed by atoms with van der Waals surface area (Å²) >= 11 is 19.3. The van der Waals surface area contributed by atoms with Crippen LogP contribution in [0.3, 0.4) is 0 Å². The summed E-state index contributed by atoms with van der Waals surface area (Å²) in [6, 6.07) is 8.29. The number of amidine groups is 1. The van der Waals surface area contributed by atoms with Gasteiger partial charge in [-0.1, -0.05) is 46.6 Å². The number of nitrogens with zero attached hydrogens (tertiary/aromatic N) is 2. The second kappa shape index (κ2) is 10.9. The summed E-state index contributed by atoms with van der Waals surface area (Å²) in [5.74, 6) is -0.547. The quantitative estimate of drug-likeness (QED) is 0.391. The Balaban J connectivity index is 1.67. The lowest BCUT2D eigenvalue weighted by Gasteiger charge is -2.13. The summed E-state index contributed by atoms with van der Waals surface area (Å²) in [6.07, 6.45) is 1.17. The minimum absolute atomic E-state index is 0.112. The maximum absolute atomic E-state index is 11.7. The van der Waals surface area contributed by atoms with Crippen molar-refractivity contribution in [3.8, 4) is 11.5 Å². The molecule has 168 valence electrons. The maximum atomic E-state index is 11.7. The number of rotatable bonds is 8. The zero-order valence-electron chi connectivity index (χ0n) is 16.5. The Hall–Kier alpha value is -2.46. The second-order valence-corrected chi connectivity index (χ2v) is 8.83. The Labute approximate surface area is 202 Å². The van der Waals surface area contributed by atoms with E-state index in [-0.39, 0.29) is 18.2 Å². The fraction of sp³-hybridized carbons (Fsp3) is 0.200. The summed E-state index contributed by atoms with van der Waals surface area (Å²) in [4.78, 5) is 22.5. The van der Waals surface area contributed by atoms with Gasteiger partial charge in [0.05, 0.1) is 29.8 Å². The molecule has 1 heterocycles. The van der Waals surface area contributed by atoms with E-state index in [0.29, 0.717) is 37.7 Å². The van der Waals surface area contributed by atoms with E-state index in [1.54, 1.807) is 30.3 Å². The van der Waals surface area contributed by atoms with Crippen LogP contribution in [0.1, 0.15) is 17.5 Å². The predicted octanol–water partition coefficient (Wildman–Crippen LogP) is 4.63. The number of ether oxygens (including phenoxy) is 2.